The van der Waals surface area contributed by atoms with Crippen LogP contribution in [0.15, 0.2) is 18.2 Å². The fourth-order valence-corrected chi connectivity index (χ4v) is 3.24. The third kappa shape index (κ3) is 2.77. The van der Waals surface area contributed by atoms with Crippen molar-refractivity contribution in [2.24, 2.45) is 13.0 Å². The van der Waals surface area contributed by atoms with Crippen LogP contribution in [-0.4, -0.2) is 9.78 Å². The summed E-state index contributed by atoms with van der Waals surface area (Å²) in [6, 6.07) is 3.50. The van der Waals surface area contributed by atoms with E-state index in [2.05, 4.69) is 5.10 Å². The number of hydrogen-bond donors (Lipinski definition) is 1. The Bertz CT molecular complexity index is 638. The lowest BCUT2D eigenvalue weighted by atomic mass is 9.96. The molecule has 1 aliphatic carbocycles. The number of nitrogens with two attached hydrogens (primary N) is 1. The molecule has 0 radical (unpaired) electrons. The number of benzene rings is 1. The van der Waals surface area contributed by atoms with Crippen molar-refractivity contribution < 1.29 is 8.78 Å². The molecule has 5 heteroatoms. The van der Waals surface area contributed by atoms with Crippen LogP contribution in [0.25, 0.3) is 11.1 Å². The van der Waals surface area contributed by atoms with Gasteiger partial charge in [-0.3, -0.25) is 4.68 Å². The lowest BCUT2D eigenvalue weighted by Gasteiger charge is -2.09. The fourth-order valence-electron chi connectivity index (χ4n) is 3.24. The van der Waals surface area contributed by atoms with Gasteiger partial charge in [-0.2, -0.15) is 5.10 Å². The zero-order valence-electron chi connectivity index (χ0n) is 12.1. The van der Waals surface area contributed by atoms with Gasteiger partial charge in [-0.25, -0.2) is 8.78 Å². The first-order valence-corrected chi connectivity index (χ1v) is 7.32. The van der Waals surface area contributed by atoms with Crippen molar-refractivity contribution in [2.75, 3.05) is 5.73 Å². The van der Waals surface area contributed by atoms with Gasteiger partial charge in [0.2, 0.25) is 0 Å². The molecule has 0 atom stereocenters. The molecular formula is C16H19F2N3. The molecular weight excluding hydrogens is 272 g/mol. The van der Waals surface area contributed by atoms with Crippen molar-refractivity contribution in [1.29, 1.82) is 0 Å². The van der Waals surface area contributed by atoms with Gasteiger partial charge < -0.3 is 5.73 Å². The van der Waals surface area contributed by atoms with Gasteiger partial charge in [-0.15, -0.1) is 0 Å². The standard InChI is InChI=1S/C16H19F2N3/c1-21-16(19)15(11-7-12(17)9-13(18)8-11)14(20-21)6-10-4-2-3-5-10/h7-10H,2-6,19H2,1H3. The van der Waals surface area contributed by atoms with Crippen molar-refractivity contribution in [3.05, 3.63) is 35.5 Å². The monoisotopic (exact) mass is 291 g/mol. The highest BCUT2D eigenvalue weighted by Crippen LogP contribution is 2.35. The number of nitrogens with zero attached hydrogens (tertiary/aromatic N) is 2. The summed E-state index contributed by atoms with van der Waals surface area (Å²) in [5.41, 5.74) is 8.04. The number of nitrogen functional groups attached to an aromatic ring is 1. The molecule has 1 aromatic carbocycles. The van der Waals surface area contributed by atoms with E-state index in [4.69, 9.17) is 5.73 Å². The minimum absolute atomic E-state index is 0.452. The van der Waals surface area contributed by atoms with E-state index in [1.165, 1.54) is 37.8 Å². The molecule has 0 saturated heterocycles. The van der Waals surface area contributed by atoms with Crippen molar-refractivity contribution in [3.8, 4) is 11.1 Å². The average Bonchev–Trinajstić information content (AvgIpc) is 2.98. The summed E-state index contributed by atoms with van der Waals surface area (Å²) in [5, 5.41) is 4.46. The lowest BCUT2D eigenvalue weighted by molar-refractivity contribution is 0.534. The third-order valence-corrected chi connectivity index (χ3v) is 4.27. The maximum absolute atomic E-state index is 13.5. The molecule has 2 N–H and O–H groups in total. The maximum Gasteiger partial charge on any atom is 0.129 e. The number of hydrogen-bond acceptors (Lipinski definition) is 2. The van der Waals surface area contributed by atoms with Crippen LogP contribution in [0.2, 0.25) is 0 Å². The van der Waals surface area contributed by atoms with Gasteiger partial charge in [0.15, 0.2) is 0 Å². The minimum atomic E-state index is -0.597. The summed E-state index contributed by atoms with van der Waals surface area (Å²) in [5.74, 6) is -0.149. The predicted octanol–water partition coefficient (Wildman–Crippen LogP) is 3.68. The summed E-state index contributed by atoms with van der Waals surface area (Å²) in [6.45, 7) is 0. The molecule has 0 bridgehead atoms. The molecule has 2 aromatic rings. The van der Waals surface area contributed by atoms with Gasteiger partial charge in [0, 0.05) is 18.7 Å². The number of aryl methyl sites for hydroxylation is 1. The van der Waals surface area contributed by atoms with Crippen LogP contribution in [0.3, 0.4) is 0 Å². The number of halogens is 2. The molecule has 0 amide bonds. The normalized spacial score (nSPS) is 15.8. The number of aromatic nitrogens is 2. The lowest BCUT2D eigenvalue weighted by Crippen LogP contribution is -2.01. The van der Waals surface area contributed by atoms with Crippen LogP contribution in [0.4, 0.5) is 14.6 Å². The maximum atomic E-state index is 13.5. The molecule has 1 heterocycles. The first-order chi connectivity index (χ1) is 10.0. The molecule has 1 fully saturated rings. The highest BCUT2D eigenvalue weighted by atomic mass is 19.1. The Kier molecular flexibility index (Phi) is 3.66. The smallest absolute Gasteiger partial charge is 0.129 e. The Labute approximate surface area is 122 Å². The Morgan fingerprint density at radius 1 is 1.19 bits per heavy atom. The van der Waals surface area contributed by atoms with Gasteiger partial charge in [0.05, 0.1) is 5.69 Å². The molecule has 3 nitrogen and oxygen atoms in total. The van der Waals surface area contributed by atoms with E-state index >= 15 is 0 Å². The van der Waals surface area contributed by atoms with Gasteiger partial charge >= 0.3 is 0 Å². The summed E-state index contributed by atoms with van der Waals surface area (Å²) >= 11 is 0. The van der Waals surface area contributed by atoms with Crippen molar-refractivity contribution in [1.82, 2.24) is 9.78 Å². The van der Waals surface area contributed by atoms with Gasteiger partial charge in [0.1, 0.15) is 17.5 Å². The van der Waals surface area contributed by atoms with Gasteiger partial charge in [0.25, 0.3) is 0 Å². The molecule has 1 aromatic heterocycles. The van der Waals surface area contributed by atoms with Crippen LogP contribution in [0, 0.1) is 17.6 Å². The molecule has 0 spiro atoms. The van der Waals surface area contributed by atoms with E-state index in [1.54, 1.807) is 11.7 Å². The summed E-state index contributed by atoms with van der Waals surface area (Å²) < 4.78 is 28.5. The van der Waals surface area contributed by atoms with E-state index in [-0.39, 0.29) is 0 Å². The second kappa shape index (κ2) is 5.47. The van der Waals surface area contributed by atoms with Crippen LogP contribution in [0.5, 0.6) is 0 Å². The van der Waals surface area contributed by atoms with E-state index in [0.29, 0.717) is 22.9 Å². The highest BCUT2D eigenvalue weighted by Gasteiger charge is 2.22. The quantitative estimate of drug-likeness (QED) is 0.937. The zero-order chi connectivity index (χ0) is 15.0. The van der Waals surface area contributed by atoms with E-state index in [9.17, 15) is 8.78 Å². The van der Waals surface area contributed by atoms with E-state index in [1.807, 2.05) is 0 Å². The summed E-state index contributed by atoms with van der Waals surface area (Å²) in [7, 11) is 1.76. The minimum Gasteiger partial charge on any atom is -0.383 e. The molecule has 0 aliphatic heterocycles. The van der Waals surface area contributed by atoms with Gasteiger partial charge in [-0.05, 0) is 30.0 Å². The topological polar surface area (TPSA) is 43.8 Å². The predicted molar refractivity (Wildman–Crippen MR) is 78.6 cm³/mol. The van der Waals surface area contributed by atoms with E-state index in [0.717, 1.165) is 18.2 Å². The summed E-state index contributed by atoms with van der Waals surface area (Å²) in [6.07, 6.45) is 5.69. The number of rotatable bonds is 3. The van der Waals surface area contributed by atoms with Crippen LogP contribution >= 0.6 is 0 Å². The highest BCUT2D eigenvalue weighted by molar-refractivity contribution is 5.76. The van der Waals surface area contributed by atoms with Crippen molar-refractivity contribution >= 4 is 5.82 Å². The summed E-state index contributed by atoms with van der Waals surface area (Å²) in [4.78, 5) is 0. The molecule has 1 saturated carbocycles. The van der Waals surface area contributed by atoms with Crippen LogP contribution in [-0.2, 0) is 13.5 Å². The van der Waals surface area contributed by atoms with Crippen LogP contribution in [0.1, 0.15) is 31.4 Å². The second-order valence-corrected chi connectivity index (χ2v) is 5.84. The molecule has 1 aliphatic rings. The first-order valence-electron chi connectivity index (χ1n) is 7.32. The Morgan fingerprint density at radius 2 is 1.81 bits per heavy atom. The molecule has 112 valence electrons. The largest absolute Gasteiger partial charge is 0.383 e. The Hall–Kier alpha value is -1.91. The van der Waals surface area contributed by atoms with Gasteiger partial charge in [-0.1, -0.05) is 25.7 Å². The average molecular weight is 291 g/mol. The zero-order valence-corrected chi connectivity index (χ0v) is 12.1. The molecule has 21 heavy (non-hydrogen) atoms. The second-order valence-electron chi connectivity index (χ2n) is 5.84. The third-order valence-electron chi connectivity index (χ3n) is 4.27. The van der Waals surface area contributed by atoms with Crippen LogP contribution < -0.4 is 5.73 Å². The molecule has 0 unspecified atom stereocenters. The first kappa shape index (κ1) is 14.0. The number of anilines is 1. The SMILES string of the molecule is Cn1nc(CC2CCCC2)c(-c2cc(F)cc(F)c2)c1N. The Morgan fingerprint density at radius 3 is 2.43 bits per heavy atom. The Balaban J connectivity index is 2.03. The van der Waals surface area contributed by atoms with Crippen molar-refractivity contribution in [3.63, 3.8) is 0 Å². The van der Waals surface area contributed by atoms with E-state index < -0.39 is 11.6 Å². The molecule has 3 rings (SSSR count). The fraction of sp³-hybridized carbons (Fsp3) is 0.438. The van der Waals surface area contributed by atoms with Crippen molar-refractivity contribution in [2.45, 2.75) is 32.1 Å².